The SMILES string of the molecule is O=C(O)C1(Cl)CCNCC1. The summed E-state index contributed by atoms with van der Waals surface area (Å²) in [6, 6.07) is 0. The predicted octanol–water partition coefficient (Wildman–Crippen LogP) is 0.432. The molecule has 1 fully saturated rings. The molecule has 58 valence electrons. The summed E-state index contributed by atoms with van der Waals surface area (Å²) in [6.45, 7) is 1.41. The molecule has 0 aromatic carbocycles. The zero-order chi connectivity index (χ0) is 7.61. The zero-order valence-corrected chi connectivity index (χ0v) is 6.32. The molecule has 2 N–H and O–H groups in total. The lowest BCUT2D eigenvalue weighted by Gasteiger charge is -2.26. The third kappa shape index (κ3) is 1.41. The topological polar surface area (TPSA) is 49.3 Å². The molecular formula is C6H10ClNO2. The van der Waals surface area contributed by atoms with Crippen LogP contribution in [0.4, 0.5) is 0 Å². The molecule has 0 aliphatic carbocycles. The van der Waals surface area contributed by atoms with Crippen LogP contribution in [0.25, 0.3) is 0 Å². The molecule has 0 unspecified atom stereocenters. The molecule has 10 heavy (non-hydrogen) atoms. The smallest absolute Gasteiger partial charge is 0.324 e. The maximum absolute atomic E-state index is 10.5. The van der Waals surface area contributed by atoms with Crippen LogP contribution in [0.1, 0.15) is 12.8 Å². The van der Waals surface area contributed by atoms with E-state index in [1.165, 1.54) is 0 Å². The van der Waals surface area contributed by atoms with E-state index < -0.39 is 10.8 Å². The van der Waals surface area contributed by atoms with E-state index in [4.69, 9.17) is 16.7 Å². The first kappa shape index (κ1) is 7.82. The Hall–Kier alpha value is -0.280. The second-order valence-corrected chi connectivity index (χ2v) is 3.24. The van der Waals surface area contributed by atoms with Gasteiger partial charge in [-0.25, -0.2) is 0 Å². The van der Waals surface area contributed by atoms with Crippen LogP contribution in [0.2, 0.25) is 0 Å². The number of carboxylic acid groups (broad SMARTS) is 1. The van der Waals surface area contributed by atoms with Crippen LogP contribution >= 0.6 is 11.6 Å². The Bertz CT molecular complexity index is 143. The van der Waals surface area contributed by atoms with Gasteiger partial charge in [0, 0.05) is 0 Å². The molecule has 0 amide bonds. The Kier molecular flexibility index (Phi) is 2.16. The number of hydrogen-bond donors (Lipinski definition) is 2. The van der Waals surface area contributed by atoms with Gasteiger partial charge in [-0.2, -0.15) is 0 Å². The molecule has 1 heterocycles. The van der Waals surface area contributed by atoms with Gasteiger partial charge in [0.1, 0.15) is 4.87 Å². The lowest BCUT2D eigenvalue weighted by atomic mass is 9.97. The number of nitrogens with one attached hydrogen (secondary N) is 1. The van der Waals surface area contributed by atoms with Gasteiger partial charge in [0.15, 0.2) is 0 Å². The molecule has 0 aromatic heterocycles. The Morgan fingerprint density at radius 2 is 2.00 bits per heavy atom. The fourth-order valence-corrected chi connectivity index (χ4v) is 1.23. The second kappa shape index (κ2) is 2.76. The molecule has 1 rings (SSSR count). The number of aliphatic carboxylic acids is 1. The number of halogens is 1. The summed E-state index contributed by atoms with van der Waals surface area (Å²) < 4.78 is 0. The first-order valence-electron chi connectivity index (χ1n) is 3.28. The first-order chi connectivity index (χ1) is 4.65. The van der Waals surface area contributed by atoms with Crippen LogP contribution in [-0.4, -0.2) is 29.0 Å². The van der Waals surface area contributed by atoms with Crippen molar-refractivity contribution in [1.29, 1.82) is 0 Å². The summed E-state index contributed by atoms with van der Waals surface area (Å²) in [6.07, 6.45) is 1.04. The van der Waals surface area contributed by atoms with Crippen LogP contribution in [0.15, 0.2) is 0 Å². The Labute approximate surface area is 64.4 Å². The second-order valence-electron chi connectivity index (χ2n) is 2.52. The highest BCUT2D eigenvalue weighted by molar-refractivity contribution is 6.33. The highest BCUT2D eigenvalue weighted by Gasteiger charge is 2.37. The minimum atomic E-state index is -0.995. The van der Waals surface area contributed by atoms with Crippen molar-refractivity contribution in [2.24, 2.45) is 0 Å². The summed E-state index contributed by atoms with van der Waals surface area (Å²) in [5, 5.41) is 11.7. The van der Waals surface area contributed by atoms with Crippen LogP contribution in [-0.2, 0) is 4.79 Å². The van der Waals surface area contributed by atoms with Gasteiger partial charge >= 0.3 is 5.97 Å². The summed E-state index contributed by atoms with van der Waals surface area (Å²) in [4.78, 5) is 9.52. The molecule has 0 radical (unpaired) electrons. The van der Waals surface area contributed by atoms with Crippen molar-refractivity contribution in [1.82, 2.24) is 5.32 Å². The Balaban J connectivity index is 2.56. The van der Waals surface area contributed by atoms with Crippen LogP contribution in [0.3, 0.4) is 0 Å². The minimum absolute atomic E-state index is 0.518. The van der Waals surface area contributed by atoms with Crippen molar-refractivity contribution < 1.29 is 9.90 Å². The number of rotatable bonds is 1. The lowest BCUT2D eigenvalue weighted by Crippen LogP contribution is -2.43. The van der Waals surface area contributed by atoms with Gasteiger partial charge in [0.25, 0.3) is 0 Å². The molecule has 0 spiro atoms. The quantitative estimate of drug-likeness (QED) is 0.552. The molecule has 1 aliphatic heterocycles. The van der Waals surface area contributed by atoms with Gasteiger partial charge < -0.3 is 10.4 Å². The van der Waals surface area contributed by atoms with E-state index in [1.54, 1.807) is 0 Å². The molecule has 0 atom stereocenters. The van der Waals surface area contributed by atoms with Gasteiger partial charge in [-0.15, -0.1) is 11.6 Å². The van der Waals surface area contributed by atoms with E-state index in [9.17, 15) is 4.79 Å². The van der Waals surface area contributed by atoms with E-state index in [2.05, 4.69) is 5.32 Å². The van der Waals surface area contributed by atoms with Crippen molar-refractivity contribution in [3.05, 3.63) is 0 Å². The summed E-state index contributed by atoms with van der Waals surface area (Å²) in [5.74, 6) is -0.893. The van der Waals surface area contributed by atoms with Crippen LogP contribution in [0, 0.1) is 0 Å². The van der Waals surface area contributed by atoms with E-state index >= 15 is 0 Å². The van der Waals surface area contributed by atoms with Gasteiger partial charge in [-0.05, 0) is 25.9 Å². The maximum atomic E-state index is 10.5. The third-order valence-corrected chi connectivity index (χ3v) is 2.32. The normalized spacial score (nSPS) is 24.1. The van der Waals surface area contributed by atoms with Gasteiger partial charge in [-0.1, -0.05) is 0 Å². The predicted molar refractivity (Wildman–Crippen MR) is 38.3 cm³/mol. The lowest BCUT2D eigenvalue weighted by molar-refractivity contribution is -0.140. The van der Waals surface area contributed by atoms with E-state index in [0.29, 0.717) is 25.9 Å². The van der Waals surface area contributed by atoms with E-state index in [-0.39, 0.29) is 0 Å². The van der Waals surface area contributed by atoms with Gasteiger partial charge in [-0.3, -0.25) is 4.79 Å². The van der Waals surface area contributed by atoms with Crippen LogP contribution < -0.4 is 5.32 Å². The van der Waals surface area contributed by atoms with Crippen molar-refractivity contribution in [3.63, 3.8) is 0 Å². The maximum Gasteiger partial charge on any atom is 0.324 e. The zero-order valence-electron chi connectivity index (χ0n) is 5.56. The van der Waals surface area contributed by atoms with E-state index in [1.807, 2.05) is 0 Å². The monoisotopic (exact) mass is 163 g/mol. The number of alkyl halides is 1. The molecule has 0 aromatic rings. The highest BCUT2D eigenvalue weighted by atomic mass is 35.5. The average Bonchev–Trinajstić information content (AvgIpc) is 1.89. The summed E-state index contributed by atoms with van der Waals surface area (Å²) in [5.41, 5.74) is 0. The van der Waals surface area contributed by atoms with Crippen molar-refractivity contribution in [2.75, 3.05) is 13.1 Å². The first-order valence-corrected chi connectivity index (χ1v) is 3.66. The van der Waals surface area contributed by atoms with Crippen molar-refractivity contribution in [3.8, 4) is 0 Å². The van der Waals surface area contributed by atoms with Crippen molar-refractivity contribution >= 4 is 17.6 Å². The highest BCUT2D eigenvalue weighted by Crippen LogP contribution is 2.25. The van der Waals surface area contributed by atoms with E-state index in [0.717, 1.165) is 0 Å². The molecule has 0 saturated carbocycles. The number of hydrogen-bond acceptors (Lipinski definition) is 2. The van der Waals surface area contributed by atoms with Crippen molar-refractivity contribution in [2.45, 2.75) is 17.7 Å². The Morgan fingerprint density at radius 3 is 2.30 bits per heavy atom. The summed E-state index contributed by atoms with van der Waals surface area (Å²) >= 11 is 5.77. The summed E-state index contributed by atoms with van der Waals surface area (Å²) in [7, 11) is 0. The number of carbonyl (C=O) groups is 1. The molecule has 0 bridgehead atoms. The molecular weight excluding hydrogens is 154 g/mol. The molecule has 4 heteroatoms. The Morgan fingerprint density at radius 1 is 1.50 bits per heavy atom. The number of piperidine rings is 1. The fourth-order valence-electron chi connectivity index (χ4n) is 1.04. The fraction of sp³-hybridized carbons (Fsp3) is 0.833. The number of carboxylic acids is 1. The molecule has 3 nitrogen and oxygen atoms in total. The average molecular weight is 164 g/mol. The standard InChI is InChI=1S/C6H10ClNO2/c7-6(5(9)10)1-3-8-4-2-6/h8H,1-4H2,(H,9,10). The molecule has 1 saturated heterocycles. The van der Waals surface area contributed by atoms with Gasteiger partial charge in [0.05, 0.1) is 0 Å². The van der Waals surface area contributed by atoms with Crippen LogP contribution in [0.5, 0.6) is 0 Å². The minimum Gasteiger partial charge on any atom is -0.480 e. The largest absolute Gasteiger partial charge is 0.480 e. The third-order valence-electron chi connectivity index (χ3n) is 1.78. The molecule has 1 aliphatic rings. The van der Waals surface area contributed by atoms with Gasteiger partial charge in [0.2, 0.25) is 0 Å².